The number of hydrogen-bond donors (Lipinski definition) is 3. The van der Waals surface area contributed by atoms with E-state index in [1.54, 1.807) is 0 Å². The van der Waals surface area contributed by atoms with E-state index in [0.717, 1.165) is 32.8 Å². The van der Waals surface area contributed by atoms with Crippen molar-refractivity contribution in [3.05, 3.63) is 84.1 Å². The third kappa shape index (κ3) is 4.38. The van der Waals surface area contributed by atoms with Crippen LogP contribution in [0.5, 0.6) is 0 Å². The van der Waals surface area contributed by atoms with Crippen molar-refractivity contribution in [2.45, 2.75) is 25.9 Å². The van der Waals surface area contributed by atoms with E-state index < -0.39 is 12.1 Å². The molecule has 6 nitrogen and oxygen atoms in total. The van der Waals surface area contributed by atoms with Crippen molar-refractivity contribution in [2.75, 3.05) is 6.54 Å². The third-order valence-electron chi connectivity index (χ3n) is 5.67. The predicted molar refractivity (Wildman–Crippen MR) is 124 cm³/mol. The Morgan fingerprint density at radius 1 is 1.03 bits per heavy atom. The zero-order valence-electron chi connectivity index (χ0n) is 17.5. The van der Waals surface area contributed by atoms with Gasteiger partial charge in [-0.3, -0.25) is 4.79 Å². The molecule has 0 unspecified atom stereocenters. The van der Waals surface area contributed by atoms with Gasteiger partial charge in [0.25, 0.3) is 0 Å². The second kappa shape index (κ2) is 8.92. The van der Waals surface area contributed by atoms with Gasteiger partial charge in [0, 0.05) is 36.6 Å². The van der Waals surface area contributed by atoms with Crippen LogP contribution in [-0.2, 0) is 17.8 Å². The number of aromatic amines is 1. The Morgan fingerprint density at radius 2 is 1.77 bits per heavy atom. The second-order valence-corrected chi connectivity index (χ2v) is 7.60. The molecule has 0 fully saturated rings. The van der Waals surface area contributed by atoms with Crippen LogP contribution < -0.4 is 11.1 Å². The lowest BCUT2D eigenvalue weighted by Crippen LogP contribution is -2.52. The molecule has 0 saturated heterocycles. The molecule has 158 valence electrons. The van der Waals surface area contributed by atoms with Crippen molar-refractivity contribution in [3.8, 4) is 0 Å². The fourth-order valence-corrected chi connectivity index (χ4v) is 4.04. The number of benzene rings is 3. The summed E-state index contributed by atoms with van der Waals surface area (Å²) in [6, 6.07) is 20.8. The lowest BCUT2D eigenvalue weighted by atomic mass is 10.0. The molecular formula is C25H26N4O2. The number of aromatic nitrogens is 1. The standard InChI is InChI=1S/C25H26N4O2/c1-2-29(25(26)31)23(14-20-16-27-22-10-6-5-9-21(20)22)24(30)28-15-17-11-12-18-7-3-4-8-19(18)13-17/h3-13,16,23,27H,2,14-15H2,1H3,(H2,26,31)(H,28,30)/t23-/m0/s1. The van der Waals surface area contributed by atoms with Gasteiger partial charge in [-0.25, -0.2) is 4.79 Å². The Morgan fingerprint density at radius 3 is 2.55 bits per heavy atom. The van der Waals surface area contributed by atoms with Crippen LogP contribution in [-0.4, -0.2) is 34.4 Å². The number of carbonyl (C=O) groups excluding carboxylic acids is 2. The molecule has 6 heteroatoms. The van der Waals surface area contributed by atoms with Crippen molar-refractivity contribution in [1.82, 2.24) is 15.2 Å². The van der Waals surface area contributed by atoms with Crippen molar-refractivity contribution in [1.29, 1.82) is 0 Å². The molecule has 0 aliphatic carbocycles. The number of primary amides is 1. The van der Waals surface area contributed by atoms with Crippen LogP contribution >= 0.6 is 0 Å². The number of amides is 3. The fourth-order valence-electron chi connectivity index (χ4n) is 4.04. The Kier molecular flexibility index (Phi) is 5.89. The van der Waals surface area contributed by atoms with Crippen molar-refractivity contribution in [3.63, 3.8) is 0 Å². The van der Waals surface area contributed by atoms with E-state index in [1.165, 1.54) is 4.90 Å². The normalized spacial score (nSPS) is 12.0. The maximum Gasteiger partial charge on any atom is 0.315 e. The summed E-state index contributed by atoms with van der Waals surface area (Å²) in [4.78, 5) is 29.9. The number of nitrogens with two attached hydrogens (primary N) is 1. The minimum atomic E-state index is -0.692. The number of fused-ring (bicyclic) bond motifs is 2. The molecule has 0 aliphatic heterocycles. The molecule has 3 aromatic carbocycles. The van der Waals surface area contributed by atoms with Gasteiger partial charge in [0.1, 0.15) is 6.04 Å². The average molecular weight is 415 g/mol. The summed E-state index contributed by atoms with van der Waals surface area (Å²) in [6.45, 7) is 2.56. The third-order valence-corrected chi connectivity index (χ3v) is 5.67. The quantitative estimate of drug-likeness (QED) is 0.427. The van der Waals surface area contributed by atoms with E-state index >= 15 is 0 Å². The number of nitrogens with one attached hydrogen (secondary N) is 2. The number of nitrogens with zero attached hydrogens (tertiary/aromatic N) is 1. The fraction of sp³-hybridized carbons (Fsp3) is 0.200. The highest BCUT2D eigenvalue weighted by atomic mass is 16.2. The first kappa shape index (κ1) is 20.5. The van der Waals surface area contributed by atoms with Crippen molar-refractivity contribution >= 4 is 33.6 Å². The summed E-state index contributed by atoms with van der Waals surface area (Å²) in [5, 5.41) is 6.31. The summed E-state index contributed by atoms with van der Waals surface area (Å²) in [5.41, 5.74) is 8.56. The van der Waals surface area contributed by atoms with Crippen LogP contribution in [0, 0.1) is 0 Å². The monoisotopic (exact) mass is 414 g/mol. The molecule has 0 saturated carbocycles. The van der Waals surface area contributed by atoms with Crippen LogP contribution in [0.15, 0.2) is 72.9 Å². The molecule has 4 aromatic rings. The molecule has 4 N–H and O–H groups in total. The van der Waals surface area contributed by atoms with Crippen LogP contribution in [0.4, 0.5) is 4.79 Å². The highest BCUT2D eigenvalue weighted by Gasteiger charge is 2.28. The summed E-state index contributed by atoms with van der Waals surface area (Å²) in [6.07, 6.45) is 2.27. The maximum absolute atomic E-state index is 13.2. The lowest BCUT2D eigenvalue weighted by Gasteiger charge is -2.28. The largest absolute Gasteiger partial charge is 0.361 e. The van der Waals surface area contributed by atoms with Crippen molar-refractivity contribution in [2.24, 2.45) is 5.73 Å². The highest BCUT2D eigenvalue weighted by molar-refractivity contribution is 5.89. The molecule has 1 aromatic heterocycles. The van der Waals surface area contributed by atoms with Crippen LogP contribution in [0.3, 0.4) is 0 Å². The van der Waals surface area contributed by atoms with Gasteiger partial charge in [-0.05, 0) is 41.0 Å². The molecule has 0 spiro atoms. The van der Waals surface area contributed by atoms with Crippen molar-refractivity contribution < 1.29 is 9.59 Å². The van der Waals surface area contributed by atoms with Gasteiger partial charge in [0.15, 0.2) is 0 Å². The Bertz CT molecular complexity index is 1230. The number of rotatable bonds is 7. The SMILES string of the molecule is CCN(C(N)=O)[C@@H](Cc1c[nH]c2ccccc12)C(=O)NCc1ccc2ccccc2c1. The lowest BCUT2D eigenvalue weighted by molar-refractivity contribution is -0.125. The topological polar surface area (TPSA) is 91.2 Å². The summed E-state index contributed by atoms with van der Waals surface area (Å²) >= 11 is 0. The van der Waals surface area contributed by atoms with Gasteiger partial charge < -0.3 is 20.9 Å². The summed E-state index contributed by atoms with van der Waals surface area (Å²) in [5.74, 6) is -0.223. The van der Waals surface area contributed by atoms with Crippen LogP contribution in [0.1, 0.15) is 18.1 Å². The van der Waals surface area contributed by atoms with Gasteiger partial charge >= 0.3 is 6.03 Å². The summed E-state index contributed by atoms with van der Waals surface area (Å²) < 4.78 is 0. The molecule has 31 heavy (non-hydrogen) atoms. The molecule has 1 atom stereocenters. The van der Waals surface area contributed by atoms with E-state index in [1.807, 2.05) is 67.7 Å². The average Bonchev–Trinajstić information content (AvgIpc) is 3.20. The first-order chi connectivity index (χ1) is 15.1. The Balaban J connectivity index is 1.55. The number of hydrogen-bond acceptors (Lipinski definition) is 2. The Hall–Kier alpha value is -3.80. The number of para-hydroxylation sites is 1. The van der Waals surface area contributed by atoms with Crippen LogP contribution in [0.2, 0.25) is 0 Å². The molecule has 0 radical (unpaired) electrons. The van der Waals surface area contributed by atoms with Crippen LogP contribution in [0.25, 0.3) is 21.7 Å². The molecule has 0 bridgehead atoms. The molecule has 3 amide bonds. The number of likely N-dealkylation sites (N-methyl/N-ethyl adjacent to an activating group) is 1. The number of urea groups is 1. The minimum absolute atomic E-state index is 0.223. The molecule has 1 heterocycles. The second-order valence-electron chi connectivity index (χ2n) is 7.60. The van der Waals surface area contributed by atoms with Gasteiger partial charge in [-0.1, -0.05) is 54.6 Å². The van der Waals surface area contributed by atoms with E-state index in [-0.39, 0.29) is 5.91 Å². The zero-order valence-corrected chi connectivity index (χ0v) is 17.5. The van der Waals surface area contributed by atoms with E-state index in [0.29, 0.717) is 19.5 Å². The predicted octanol–water partition coefficient (Wildman–Crippen LogP) is 3.95. The Labute approximate surface area is 181 Å². The minimum Gasteiger partial charge on any atom is -0.361 e. The van der Waals surface area contributed by atoms with E-state index in [4.69, 9.17) is 5.73 Å². The van der Waals surface area contributed by atoms with E-state index in [2.05, 4.69) is 22.4 Å². The zero-order chi connectivity index (χ0) is 21.8. The van der Waals surface area contributed by atoms with Gasteiger partial charge in [-0.2, -0.15) is 0 Å². The summed E-state index contributed by atoms with van der Waals surface area (Å²) in [7, 11) is 0. The first-order valence-corrected chi connectivity index (χ1v) is 10.4. The maximum atomic E-state index is 13.2. The number of H-pyrrole nitrogens is 1. The number of carbonyl (C=O) groups is 2. The molecule has 0 aliphatic rings. The van der Waals surface area contributed by atoms with E-state index in [9.17, 15) is 9.59 Å². The highest BCUT2D eigenvalue weighted by Crippen LogP contribution is 2.21. The molecular weight excluding hydrogens is 388 g/mol. The molecule has 4 rings (SSSR count). The first-order valence-electron chi connectivity index (χ1n) is 10.4. The smallest absolute Gasteiger partial charge is 0.315 e. The van der Waals surface area contributed by atoms with Gasteiger partial charge in [0.05, 0.1) is 0 Å². The van der Waals surface area contributed by atoms with Gasteiger partial charge in [0.2, 0.25) is 5.91 Å². The van der Waals surface area contributed by atoms with Gasteiger partial charge in [-0.15, -0.1) is 0 Å².